The van der Waals surface area contributed by atoms with Gasteiger partial charge in [0.2, 0.25) is 0 Å². The van der Waals surface area contributed by atoms with Crippen LogP contribution in [0.4, 0.5) is 10.2 Å². The molecule has 0 fully saturated rings. The maximum atomic E-state index is 11.5. The van der Waals surface area contributed by atoms with E-state index in [-0.39, 0.29) is 5.56 Å². The van der Waals surface area contributed by atoms with Crippen molar-refractivity contribution in [1.29, 1.82) is 0 Å². The quantitative estimate of drug-likeness (QED) is 0.743. The minimum Gasteiger partial charge on any atom is -0.374 e. The number of hydrogen-bond acceptors (Lipinski definition) is 3. The summed E-state index contributed by atoms with van der Waals surface area (Å²) in [5, 5.41) is 2.90. The molecule has 0 bridgehead atoms. The highest BCUT2D eigenvalue weighted by molar-refractivity contribution is 5.89. The van der Waals surface area contributed by atoms with Crippen LogP contribution in [0.25, 0.3) is 0 Å². The van der Waals surface area contributed by atoms with Crippen LogP contribution in [-0.2, 0) is 4.94 Å². The first-order chi connectivity index (χ1) is 6.77. The molecule has 0 unspecified atom stereocenters. The minimum absolute atomic E-state index is 0.152. The SMILES string of the molecule is C#CCNc1ccc(C(=O)OF)cc1. The van der Waals surface area contributed by atoms with Crippen LogP contribution >= 0.6 is 0 Å². The standard InChI is InChI=1S/C10H8FNO2/c1-2-7-12-9-5-3-8(4-6-9)10(13)14-11/h1,3-6,12H,7H2. The Morgan fingerprint density at radius 1 is 1.50 bits per heavy atom. The summed E-state index contributed by atoms with van der Waals surface area (Å²) in [5.74, 6) is 1.40. The lowest BCUT2D eigenvalue weighted by Crippen LogP contribution is -2.01. The molecule has 0 aliphatic carbocycles. The van der Waals surface area contributed by atoms with E-state index in [9.17, 15) is 9.32 Å². The van der Waals surface area contributed by atoms with Crippen molar-refractivity contribution in [3.05, 3.63) is 29.8 Å². The molecule has 4 heteroatoms. The van der Waals surface area contributed by atoms with E-state index in [4.69, 9.17) is 6.42 Å². The molecule has 3 nitrogen and oxygen atoms in total. The Bertz CT molecular complexity index is 353. The Labute approximate surface area is 80.8 Å². The molecule has 0 spiro atoms. The molecule has 0 amide bonds. The average Bonchev–Trinajstić information content (AvgIpc) is 2.26. The number of terminal acetylenes is 1. The van der Waals surface area contributed by atoms with Gasteiger partial charge in [0.1, 0.15) is 0 Å². The zero-order chi connectivity index (χ0) is 10.4. The van der Waals surface area contributed by atoms with Crippen molar-refractivity contribution in [3.63, 3.8) is 0 Å². The van der Waals surface area contributed by atoms with Gasteiger partial charge in [-0.1, -0.05) is 5.92 Å². The third-order valence-corrected chi connectivity index (χ3v) is 1.59. The Morgan fingerprint density at radius 2 is 2.14 bits per heavy atom. The monoisotopic (exact) mass is 193 g/mol. The molecule has 0 aromatic heterocycles. The van der Waals surface area contributed by atoms with Gasteiger partial charge in [-0.05, 0) is 24.3 Å². The summed E-state index contributed by atoms with van der Waals surface area (Å²) in [4.78, 5) is 13.8. The fourth-order valence-corrected chi connectivity index (χ4v) is 0.922. The lowest BCUT2D eigenvalue weighted by Gasteiger charge is -2.01. The molecule has 0 heterocycles. The van der Waals surface area contributed by atoms with E-state index in [2.05, 4.69) is 16.2 Å². The van der Waals surface area contributed by atoms with E-state index in [1.165, 1.54) is 12.1 Å². The van der Waals surface area contributed by atoms with Crippen molar-refractivity contribution in [3.8, 4) is 12.3 Å². The highest BCUT2D eigenvalue weighted by atomic mass is 19.3. The van der Waals surface area contributed by atoms with Crippen molar-refractivity contribution in [2.75, 3.05) is 11.9 Å². The average molecular weight is 193 g/mol. The van der Waals surface area contributed by atoms with E-state index >= 15 is 0 Å². The molecular formula is C10H8FNO2. The number of anilines is 1. The molecule has 0 atom stereocenters. The molecule has 0 aliphatic heterocycles. The lowest BCUT2D eigenvalue weighted by atomic mass is 10.2. The van der Waals surface area contributed by atoms with Crippen LogP contribution in [0.1, 0.15) is 10.4 Å². The molecule has 1 aromatic carbocycles. The van der Waals surface area contributed by atoms with Crippen LogP contribution in [0.15, 0.2) is 24.3 Å². The molecule has 14 heavy (non-hydrogen) atoms. The van der Waals surface area contributed by atoms with Gasteiger partial charge < -0.3 is 5.32 Å². The molecule has 1 aromatic rings. The second-order valence-corrected chi connectivity index (χ2v) is 2.50. The summed E-state index contributed by atoms with van der Waals surface area (Å²) in [7, 11) is 0. The number of rotatable bonds is 3. The van der Waals surface area contributed by atoms with Crippen molar-refractivity contribution < 1.29 is 14.3 Å². The van der Waals surface area contributed by atoms with Crippen LogP contribution in [0.2, 0.25) is 0 Å². The van der Waals surface area contributed by atoms with E-state index in [1.54, 1.807) is 12.1 Å². The minimum atomic E-state index is -1.01. The van der Waals surface area contributed by atoms with Gasteiger partial charge in [0.05, 0.1) is 12.1 Å². The van der Waals surface area contributed by atoms with Crippen molar-refractivity contribution >= 4 is 11.7 Å². The Morgan fingerprint density at radius 3 is 2.64 bits per heavy atom. The van der Waals surface area contributed by atoms with Crippen molar-refractivity contribution in [2.45, 2.75) is 0 Å². The van der Waals surface area contributed by atoms with E-state index in [0.29, 0.717) is 6.54 Å². The van der Waals surface area contributed by atoms with Gasteiger partial charge in [-0.15, -0.1) is 6.42 Å². The summed E-state index contributed by atoms with van der Waals surface area (Å²) in [6.07, 6.45) is 5.04. The molecule has 1 rings (SSSR count). The first-order valence-electron chi connectivity index (χ1n) is 3.88. The van der Waals surface area contributed by atoms with Crippen LogP contribution in [-0.4, -0.2) is 12.5 Å². The molecule has 72 valence electrons. The highest BCUT2D eigenvalue weighted by Crippen LogP contribution is 2.10. The van der Waals surface area contributed by atoms with Crippen molar-refractivity contribution in [1.82, 2.24) is 0 Å². The van der Waals surface area contributed by atoms with Crippen LogP contribution < -0.4 is 5.32 Å². The largest absolute Gasteiger partial charge is 0.379 e. The second-order valence-electron chi connectivity index (χ2n) is 2.50. The fourth-order valence-electron chi connectivity index (χ4n) is 0.922. The second kappa shape index (κ2) is 4.87. The number of hydrogen-bond donors (Lipinski definition) is 1. The predicted molar refractivity (Wildman–Crippen MR) is 50.3 cm³/mol. The summed E-state index contributed by atoms with van der Waals surface area (Å²) >= 11 is 0. The molecule has 0 saturated heterocycles. The van der Waals surface area contributed by atoms with Gasteiger partial charge in [0.25, 0.3) is 0 Å². The zero-order valence-electron chi connectivity index (χ0n) is 7.29. The third-order valence-electron chi connectivity index (χ3n) is 1.59. The number of nitrogens with one attached hydrogen (secondary N) is 1. The number of benzene rings is 1. The topological polar surface area (TPSA) is 38.3 Å². The summed E-state index contributed by atoms with van der Waals surface area (Å²) in [5.41, 5.74) is 0.914. The number of halogens is 1. The van der Waals surface area contributed by atoms with E-state index in [1.807, 2.05) is 0 Å². The molecule has 1 N–H and O–H groups in total. The zero-order valence-corrected chi connectivity index (χ0v) is 7.29. The van der Waals surface area contributed by atoms with Gasteiger partial charge in [0.15, 0.2) is 0 Å². The normalized spacial score (nSPS) is 8.86. The maximum absolute atomic E-state index is 11.5. The number of carbonyl (C=O) groups is 1. The first kappa shape index (κ1) is 10.1. The van der Waals surface area contributed by atoms with Crippen LogP contribution in [0.3, 0.4) is 0 Å². The first-order valence-corrected chi connectivity index (χ1v) is 3.88. The predicted octanol–water partition coefficient (Wildman–Crippen LogP) is 1.77. The van der Waals surface area contributed by atoms with Crippen LogP contribution in [0.5, 0.6) is 0 Å². The lowest BCUT2D eigenvalue weighted by molar-refractivity contribution is -0.0787. The van der Waals surface area contributed by atoms with Gasteiger partial charge in [-0.25, -0.2) is 9.74 Å². The van der Waals surface area contributed by atoms with E-state index in [0.717, 1.165) is 5.69 Å². The fraction of sp³-hybridized carbons (Fsp3) is 0.100. The number of carbonyl (C=O) groups excluding carboxylic acids is 1. The van der Waals surface area contributed by atoms with Gasteiger partial charge >= 0.3 is 5.97 Å². The molecular weight excluding hydrogens is 185 g/mol. The summed E-state index contributed by atoms with van der Waals surface area (Å²) in [6, 6.07) is 6.12. The van der Waals surface area contributed by atoms with Crippen molar-refractivity contribution in [2.24, 2.45) is 0 Å². The molecule has 0 aliphatic rings. The Balaban J connectivity index is 2.69. The van der Waals surface area contributed by atoms with E-state index < -0.39 is 5.97 Å². The molecule has 0 radical (unpaired) electrons. The maximum Gasteiger partial charge on any atom is 0.379 e. The van der Waals surface area contributed by atoms with Crippen LogP contribution in [0, 0.1) is 12.3 Å². The van der Waals surface area contributed by atoms with Gasteiger partial charge in [-0.2, -0.15) is 0 Å². The highest BCUT2D eigenvalue weighted by Gasteiger charge is 2.06. The third kappa shape index (κ3) is 2.49. The van der Waals surface area contributed by atoms with Gasteiger partial charge in [0, 0.05) is 10.2 Å². The molecule has 0 saturated carbocycles. The van der Waals surface area contributed by atoms with Gasteiger partial charge in [-0.3, -0.25) is 0 Å². The smallest absolute Gasteiger partial charge is 0.374 e. The Hall–Kier alpha value is -2.02. The Kier molecular flexibility index (Phi) is 3.50. The summed E-state index contributed by atoms with van der Waals surface area (Å²) in [6.45, 7) is 0.396. The summed E-state index contributed by atoms with van der Waals surface area (Å²) < 4.78 is 11.5.